The summed E-state index contributed by atoms with van der Waals surface area (Å²) in [5, 5.41) is 3.59. The maximum absolute atomic E-state index is 5.57. The molecule has 4 heteroatoms. The minimum absolute atomic E-state index is 0.447. The summed E-state index contributed by atoms with van der Waals surface area (Å²) in [5.41, 5.74) is 1.34. The minimum atomic E-state index is 0.447. The second-order valence-electron chi connectivity index (χ2n) is 5.18. The van der Waals surface area contributed by atoms with Gasteiger partial charge in [0.2, 0.25) is 0 Å². The Hall–Kier alpha value is -1.52. The molecule has 4 nitrogen and oxygen atoms in total. The van der Waals surface area contributed by atoms with Gasteiger partial charge in [-0.1, -0.05) is 0 Å². The largest absolute Gasteiger partial charge is 0.469 e. The Balaban J connectivity index is 1.33. The van der Waals surface area contributed by atoms with Crippen molar-refractivity contribution in [3.8, 4) is 0 Å². The summed E-state index contributed by atoms with van der Waals surface area (Å²) in [4.78, 5) is 0. The first-order chi connectivity index (χ1) is 9.93. The third-order valence-corrected chi connectivity index (χ3v) is 3.73. The average Bonchev–Trinajstić information content (AvgIpc) is 3.13. The van der Waals surface area contributed by atoms with E-state index in [4.69, 9.17) is 13.6 Å². The Labute approximate surface area is 119 Å². The van der Waals surface area contributed by atoms with E-state index in [0.29, 0.717) is 12.6 Å². The third kappa shape index (κ3) is 3.32. The van der Waals surface area contributed by atoms with E-state index >= 15 is 0 Å². The maximum atomic E-state index is 5.57. The van der Waals surface area contributed by atoms with E-state index in [1.54, 1.807) is 12.5 Å². The van der Waals surface area contributed by atoms with Crippen LogP contribution in [0.15, 0.2) is 39.6 Å². The summed E-state index contributed by atoms with van der Waals surface area (Å²) in [7, 11) is 0. The van der Waals surface area contributed by atoms with Crippen molar-refractivity contribution in [2.75, 3.05) is 13.2 Å². The highest BCUT2D eigenvalue weighted by Crippen LogP contribution is 2.30. The Morgan fingerprint density at radius 3 is 3.15 bits per heavy atom. The van der Waals surface area contributed by atoms with E-state index < -0.39 is 0 Å². The third-order valence-electron chi connectivity index (χ3n) is 3.73. The minimum Gasteiger partial charge on any atom is -0.469 e. The molecule has 0 saturated carbocycles. The predicted octanol–water partition coefficient (Wildman–Crippen LogP) is 3.45. The van der Waals surface area contributed by atoms with Crippen LogP contribution in [0.3, 0.4) is 0 Å². The molecule has 1 N–H and O–H groups in total. The van der Waals surface area contributed by atoms with Crippen molar-refractivity contribution in [1.82, 2.24) is 5.32 Å². The molecular weight excluding hydrogens is 254 g/mol. The Morgan fingerprint density at radius 1 is 1.25 bits per heavy atom. The number of rotatable bonds is 7. The fraction of sp³-hybridized carbons (Fsp3) is 0.500. The second-order valence-corrected chi connectivity index (χ2v) is 5.18. The quantitative estimate of drug-likeness (QED) is 0.786. The van der Waals surface area contributed by atoms with Crippen LogP contribution in [0.5, 0.6) is 0 Å². The average molecular weight is 275 g/mol. The van der Waals surface area contributed by atoms with Gasteiger partial charge in [-0.3, -0.25) is 0 Å². The van der Waals surface area contributed by atoms with Crippen LogP contribution in [0.25, 0.3) is 0 Å². The normalized spacial score (nSPS) is 18.1. The van der Waals surface area contributed by atoms with Gasteiger partial charge in [-0.2, -0.15) is 0 Å². The van der Waals surface area contributed by atoms with Gasteiger partial charge in [0.1, 0.15) is 18.1 Å². The lowest BCUT2D eigenvalue weighted by molar-refractivity contribution is 0.103. The van der Waals surface area contributed by atoms with Crippen molar-refractivity contribution in [1.29, 1.82) is 0 Å². The van der Waals surface area contributed by atoms with Gasteiger partial charge >= 0.3 is 0 Å². The van der Waals surface area contributed by atoms with E-state index in [0.717, 1.165) is 37.5 Å². The van der Waals surface area contributed by atoms with Gasteiger partial charge < -0.3 is 18.9 Å². The van der Waals surface area contributed by atoms with Gasteiger partial charge in [0.05, 0.1) is 12.5 Å². The van der Waals surface area contributed by atoms with E-state index in [1.165, 1.54) is 18.4 Å². The Kier molecular flexibility index (Phi) is 4.56. The van der Waals surface area contributed by atoms with Crippen molar-refractivity contribution in [3.63, 3.8) is 0 Å². The Bertz CT molecular complexity index is 504. The molecule has 2 aromatic heterocycles. The molecule has 1 aliphatic carbocycles. The molecule has 108 valence electrons. The Morgan fingerprint density at radius 2 is 2.25 bits per heavy atom. The molecular formula is C16H21NO3. The number of furan rings is 2. The summed E-state index contributed by atoms with van der Waals surface area (Å²) in [6, 6.07) is 6.36. The van der Waals surface area contributed by atoms with Crippen LogP contribution in [0.2, 0.25) is 0 Å². The van der Waals surface area contributed by atoms with Crippen LogP contribution in [-0.4, -0.2) is 13.2 Å². The van der Waals surface area contributed by atoms with Crippen LogP contribution in [0.4, 0.5) is 0 Å². The fourth-order valence-corrected chi connectivity index (χ4v) is 2.72. The van der Waals surface area contributed by atoms with Crippen LogP contribution in [0.1, 0.15) is 42.4 Å². The number of hydrogen-bond donors (Lipinski definition) is 1. The zero-order valence-electron chi connectivity index (χ0n) is 11.6. The van der Waals surface area contributed by atoms with Gasteiger partial charge in [0.15, 0.2) is 0 Å². The second kappa shape index (κ2) is 6.77. The molecule has 0 fully saturated rings. The molecule has 0 bridgehead atoms. The highest BCUT2D eigenvalue weighted by molar-refractivity contribution is 5.23. The molecule has 3 rings (SSSR count). The number of fused-ring (bicyclic) bond motifs is 1. The molecule has 0 aromatic carbocycles. The number of aryl methyl sites for hydroxylation is 1. The molecule has 1 atom stereocenters. The summed E-state index contributed by atoms with van der Waals surface area (Å²) < 4.78 is 16.3. The van der Waals surface area contributed by atoms with Crippen molar-refractivity contribution in [2.45, 2.75) is 38.3 Å². The predicted molar refractivity (Wildman–Crippen MR) is 75.4 cm³/mol. The lowest BCUT2D eigenvalue weighted by Crippen LogP contribution is -2.26. The lowest BCUT2D eigenvalue weighted by Gasteiger charge is -2.22. The lowest BCUT2D eigenvalue weighted by atomic mass is 9.93. The fourth-order valence-electron chi connectivity index (χ4n) is 2.72. The molecule has 0 spiro atoms. The molecule has 0 radical (unpaired) electrons. The number of nitrogens with one attached hydrogen (secondary N) is 1. The summed E-state index contributed by atoms with van der Waals surface area (Å²) in [6.07, 6.45) is 7.95. The smallest absolute Gasteiger partial charge is 0.129 e. The van der Waals surface area contributed by atoms with Crippen molar-refractivity contribution < 1.29 is 13.6 Å². The number of ether oxygens (including phenoxy) is 1. The monoisotopic (exact) mass is 275 g/mol. The first-order valence-corrected chi connectivity index (χ1v) is 7.33. The molecule has 2 heterocycles. The molecule has 0 aliphatic heterocycles. The highest BCUT2D eigenvalue weighted by Gasteiger charge is 2.21. The van der Waals surface area contributed by atoms with Crippen molar-refractivity contribution >= 4 is 0 Å². The van der Waals surface area contributed by atoms with E-state index in [1.807, 2.05) is 12.1 Å². The summed E-state index contributed by atoms with van der Waals surface area (Å²) in [6.45, 7) is 2.27. The van der Waals surface area contributed by atoms with E-state index in [2.05, 4.69) is 11.4 Å². The van der Waals surface area contributed by atoms with Gasteiger partial charge in [0.25, 0.3) is 0 Å². The first-order valence-electron chi connectivity index (χ1n) is 7.33. The van der Waals surface area contributed by atoms with Crippen LogP contribution >= 0.6 is 0 Å². The van der Waals surface area contributed by atoms with Crippen LogP contribution in [-0.2, 0) is 17.8 Å². The highest BCUT2D eigenvalue weighted by atomic mass is 16.5. The molecule has 2 aromatic rings. The van der Waals surface area contributed by atoms with E-state index in [9.17, 15) is 0 Å². The zero-order chi connectivity index (χ0) is 13.6. The summed E-state index contributed by atoms with van der Waals surface area (Å²) >= 11 is 0. The molecule has 0 saturated heterocycles. The SMILES string of the molecule is c1coc(COCCCNC2CCCc3occc32)c1. The first kappa shape index (κ1) is 13.5. The molecule has 1 unspecified atom stereocenters. The van der Waals surface area contributed by atoms with Gasteiger partial charge in [0, 0.05) is 24.6 Å². The van der Waals surface area contributed by atoms with Crippen molar-refractivity contribution in [2.24, 2.45) is 0 Å². The summed E-state index contributed by atoms with van der Waals surface area (Å²) in [5.74, 6) is 2.04. The topological polar surface area (TPSA) is 47.5 Å². The van der Waals surface area contributed by atoms with Crippen molar-refractivity contribution in [3.05, 3.63) is 47.8 Å². The standard InChI is InChI=1S/C16H21NO3/c1-5-15(14-7-11-20-16(14)6-1)17-8-3-9-18-12-13-4-2-10-19-13/h2,4,7,10-11,15,17H,1,3,5-6,8-9,12H2. The van der Waals surface area contributed by atoms with Crippen LogP contribution < -0.4 is 5.32 Å². The number of hydrogen-bond acceptors (Lipinski definition) is 4. The van der Waals surface area contributed by atoms with E-state index in [-0.39, 0.29) is 0 Å². The zero-order valence-corrected chi connectivity index (χ0v) is 11.6. The van der Waals surface area contributed by atoms with Gasteiger partial charge in [-0.25, -0.2) is 0 Å². The molecule has 1 aliphatic rings. The maximum Gasteiger partial charge on any atom is 0.129 e. The van der Waals surface area contributed by atoms with Gasteiger partial charge in [-0.15, -0.1) is 0 Å². The molecule has 0 amide bonds. The molecule has 20 heavy (non-hydrogen) atoms. The van der Waals surface area contributed by atoms with Crippen LogP contribution in [0, 0.1) is 0 Å². The van der Waals surface area contributed by atoms with Gasteiger partial charge in [-0.05, 0) is 44.0 Å².